The van der Waals surface area contributed by atoms with Crippen molar-refractivity contribution in [2.75, 3.05) is 20.6 Å². The van der Waals surface area contributed by atoms with Crippen LogP contribution in [-0.2, 0) is 13.0 Å². The quantitative estimate of drug-likeness (QED) is 0.820. The van der Waals surface area contributed by atoms with E-state index in [2.05, 4.69) is 48.5 Å². The number of nitrogens with zero attached hydrogens (tertiary/aromatic N) is 1. The van der Waals surface area contributed by atoms with Crippen LogP contribution in [0.5, 0.6) is 0 Å². The van der Waals surface area contributed by atoms with E-state index in [-0.39, 0.29) is 0 Å². The lowest BCUT2D eigenvalue weighted by molar-refractivity contribution is 0.157. The number of nitrogens with one attached hydrogen (secondary N) is 1. The van der Waals surface area contributed by atoms with Crippen LogP contribution in [0.15, 0.2) is 24.3 Å². The number of likely N-dealkylation sites (N-methyl/N-ethyl adjacent to an activating group) is 1. The first-order valence-corrected chi connectivity index (χ1v) is 8.65. The van der Waals surface area contributed by atoms with Gasteiger partial charge in [-0.3, -0.25) is 4.90 Å². The second-order valence-electron chi connectivity index (χ2n) is 6.67. The van der Waals surface area contributed by atoms with Crippen molar-refractivity contribution < 1.29 is 0 Å². The molecular weight excluding hydrogens is 256 g/mol. The lowest BCUT2D eigenvalue weighted by Gasteiger charge is -2.34. The van der Waals surface area contributed by atoms with Crippen molar-refractivity contribution in [2.24, 2.45) is 5.92 Å². The maximum absolute atomic E-state index is 3.21. The van der Waals surface area contributed by atoms with Gasteiger partial charge >= 0.3 is 0 Å². The van der Waals surface area contributed by atoms with Gasteiger partial charge in [0.2, 0.25) is 0 Å². The van der Waals surface area contributed by atoms with E-state index in [9.17, 15) is 0 Å². The molecule has 0 amide bonds. The maximum atomic E-state index is 3.21. The Kier molecular flexibility index (Phi) is 6.72. The highest BCUT2D eigenvalue weighted by Gasteiger charge is 2.22. The van der Waals surface area contributed by atoms with Crippen molar-refractivity contribution in [3.63, 3.8) is 0 Å². The standard InChI is InChI=1S/C19H32N2/c1-4-16-9-11-19(12-10-16)21(3)15-18-7-5-17(6-8-18)13-14-20-2/h5-8,16,19-20H,4,9-15H2,1-3H3. The Morgan fingerprint density at radius 1 is 1.05 bits per heavy atom. The van der Waals surface area contributed by atoms with Crippen LogP contribution in [0, 0.1) is 5.92 Å². The van der Waals surface area contributed by atoms with Crippen LogP contribution in [0.1, 0.15) is 50.2 Å². The van der Waals surface area contributed by atoms with E-state index in [1.54, 1.807) is 0 Å². The Hall–Kier alpha value is -0.860. The predicted octanol–water partition coefficient (Wildman–Crippen LogP) is 3.85. The van der Waals surface area contributed by atoms with Crippen molar-refractivity contribution in [3.05, 3.63) is 35.4 Å². The Morgan fingerprint density at radius 2 is 1.67 bits per heavy atom. The molecule has 1 saturated carbocycles. The number of hydrogen-bond donors (Lipinski definition) is 1. The van der Waals surface area contributed by atoms with Gasteiger partial charge in [0.1, 0.15) is 0 Å². The summed E-state index contributed by atoms with van der Waals surface area (Å²) >= 11 is 0. The summed E-state index contributed by atoms with van der Waals surface area (Å²) in [4.78, 5) is 2.56. The zero-order valence-corrected chi connectivity index (χ0v) is 14.1. The Balaban J connectivity index is 1.81. The Bertz CT molecular complexity index is 391. The summed E-state index contributed by atoms with van der Waals surface area (Å²) in [6, 6.07) is 9.97. The smallest absolute Gasteiger partial charge is 0.0233 e. The molecule has 0 heterocycles. The molecule has 1 aromatic rings. The summed E-state index contributed by atoms with van der Waals surface area (Å²) in [5.74, 6) is 0.987. The third-order valence-corrected chi connectivity index (χ3v) is 5.14. The molecule has 0 atom stereocenters. The minimum atomic E-state index is 0.789. The van der Waals surface area contributed by atoms with E-state index in [0.29, 0.717) is 0 Å². The van der Waals surface area contributed by atoms with Crippen LogP contribution >= 0.6 is 0 Å². The van der Waals surface area contributed by atoms with E-state index in [1.807, 2.05) is 7.05 Å². The zero-order chi connectivity index (χ0) is 15.1. The molecule has 0 saturated heterocycles. The molecule has 0 bridgehead atoms. The summed E-state index contributed by atoms with van der Waals surface area (Å²) in [7, 11) is 4.31. The highest BCUT2D eigenvalue weighted by atomic mass is 15.1. The van der Waals surface area contributed by atoms with Gasteiger partial charge in [-0.25, -0.2) is 0 Å². The van der Waals surface area contributed by atoms with Crippen molar-refractivity contribution >= 4 is 0 Å². The third kappa shape index (κ3) is 5.12. The molecule has 1 aliphatic rings. The molecule has 1 fully saturated rings. The summed E-state index contributed by atoms with van der Waals surface area (Å²) in [5.41, 5.74) is 2.88. The van der Waals surface area contributed by atoms with E-state index in [0.717, 1.165) is 31.5 Å². The van der Waals surface area contributed by atoms with E-state index >= 15 is 0 Å². The predicted molar refractivity (Wildman–Crippen MR) is 91.6 cm³/mol. The number of rotatable bonds is 7. The highest BCUT2D eigenvalue weighted by molar-refractivity contribution is 5.22. The van der Waals surface area contributed by atoms with Gasteiger partial charge in [-0.05, 0) is 69.8 Å². The van der Waals surface area contributed by atoms with Gasteiger partial charge in [0, 0.05) is 12.6 Å². The summed E-state index contributed by atoms with van der Waals surface area (Å²) in [6.07, 6.45) is 8.10. The van der Waals surface area contributed by atoms with E-state index in [4.69, 9.17) is 0 Å². The van der Waals surface area contributed by atoms with Gasteiger partial charge in [-0.15, -0.1) is 0 Å². The summed E-state index contributed by atoms with van der Waals surface area (Å²) in [5, 5.41) is 3.21. The lowest BCUT2D eigenvalue weighted by Crippen LogP contribution is -2.34. The first kappa shape index (κ1) is 16.5. The zero-order valence-electron chi connectivity index (χ0n) is 14.1. The fourth-order valence-corrected chi connectivity index (χ4v) is 3.49. The molecule has 0 unspecified atom stereocenters. The molecule has 1 N–H and O–H groups in total. The number of hydrogen-bond acceptors (Lipinski definition) is 2. The lowest BCUT2D eigenvalue weighted by atomic mass is 9.84. The summed E-state index contributed by atoms with van der Waals surface area (Å²) in [6.45, 7) is 4.48. The average Bonchev–Trinajstić information content (AvgIpc) is 2.54. The molecule has 0 aliphatic heterocycles. The van der Waals surface area contributed by atoms with E-state index < -0.39 is 0 Å². The molecule has 21 heavy (non-hydrogen) atoms. The van der Waals surface area contributed by atoms with Gasteiger partial charge in [0.05, 0.1) is 0 Å². The molecule has 2 rings (SSSR count). The minimum Gasteiger partial charge on any atom is -0.319 e. The SMILES string of the molecule is CCC1CCC(N(C)Cc2ccc(CCNC)cc2)CC1. The van der Waals surface area contributed by atoms with Gasteiger partial charge < -0.3 is 5.32 Å². The molecule has 0 spiro atoms. The fourth-order valence-electron chi connectivity index (χ4n) is 3.49. The molecule has 1 aliphatic carbocycles. The van der Waals surface area contributed by atoms with Crippen molar-refractivity contribution in [2.45, 2.75) is 58.0 Å². The molecule has 118 valence electrons. The van der Waals surface area contributed by atoms with Crippen LogP contribution in [0.2, 0.25) is 0 Å². The molecule has 1 aromatic carbocycles. The fraction of sp³-hybridized carbons (Fsp3) is 0.684. The van der Waals surface area contributed by atoms with Crippen molar-refractivity contribution in [1.29, 1.82) is 0 Å². The third-order valence-electron chi connectivity index (χ3n) is 5.14. The minimum absolute atomic E-state index is 0.789. The van der Waals surface area contributed by atoms with Gasteiger partial charge in [-0.1, -0.05) is 37.6 Å². The van der Waals surface area contributed by atoms with E-state index in [1.165, 1.54) is 43.2 Å². The molecule has 2 nitrogen and oxygen atoms in total. The van der Waals surface area contributed by atoms with Gasteiger partial charge in [-0.2, -0.15) is 0 Å². The second kappa shape index (κ2) is 8.55. The van der Waals surface area contributed by atoms with Crippen LogP contribution in [0.25, 0.3) is 0 Å². The monoisotopic (exact) mass is 288 g/mol. The van der Waals surface area contributed by atoms with Crippen LogP contribution in [0.3, 0.4) is 0 Å². The normalized spacial score (nSPS) is 22.7. The largest absolute Gasteiger partial charge is 0.319 e. The molecule has 2 heteroatoms. The van der Waals surface area contributed by atoms with Crippen LogP contribution in [-0.4, -0.2) is 31.6 Å². The van der Waals surface area contributed by atoms with Crippen molar-refractivity contribution in [1.82, 2.24) is 10.2 Å². The number of benzene rings is 1. The average molecular weight is 288 g/mol. The van der Waals surface area contributed by atoms with Crippen molar-refractivity contribution in [3.8, 4) is 0 Å². The van der Waals surface area contributed by atoms with Crippen LogP contribution in [0.4, 0.5) is 0 Å². The first-order chi connectivity index (χ1) is 10.2. The molecule has 0 radical (unpaired) electrons. The first-order valence-electron chi connectivity index (χ1n) is 8.65. The Morgan fingerprint density at radius 3 is 2.24 bits per heavy atom. The Labute approximate surface area is 130 Å². The van der Waals surface area contributed by atoms with Crippen LogP contribution < -0.4 is 5.32 Å². The van der Waals surface area contributed by atoms with Gasteiger partial charge in [0.25, 0.3) is 0 Å². The maximum Gasteiger partial charge on any atom is 0.0233 e. The topological polar surface area (TPSA) is 15.3 Å². The summed E-state index contributed by atoms with van der Waals surface area (Å²) < 4.78 is 0. The van der Waals surface area contributed by atoms with Gasteiger partial charge in [0.15, 0.2) is 0 Å². The second-order valence-corrected chi connectivity index (χ2v) is 6.67. The highest BCUT2D eigenvalue weighted by Crippen LogP contribution is 2.29. The molecule has 0 aromatic heterocycles. The molecular formula is C19H32N2.